The number of benzene rings is 1. The summed E-state index contributed by atoms with van der Waals surface area (Å²) in [5.41, 5.74) is 0.576. The molecule has 0 saturated carbocycles. The summed E-state index contributed by atoms with van der Waals surface area (Å²) in [7, 11) is 0. The molecule has 0 radical (unpaired) electrons. The number of nitrogens with one attached hydrogen (secondary N) is 1. The molecule has 0 bridgehead atoms. The molecule has 1 saturated heterocycles. The first-order chi connectivity index (χ1) is 10.2. The van der Waals surface area contributed by atoms with Crippen molar-refractivity contribution in [3.63, 3.8) is 0 Å². The highest BCUT2D eigenvalue weighted by Crippen LogP contribution is 2.18. The molecule has 0 spiro atoms. The number of carbonyl (C=O) groups excluding carboxylic acids is 1. The van der Waals surface area contributed by atoms with E-state index in [1.165, 1.54) is 0 Å². The summed E-state index contributed by atoms with van der Waals surface area (Å²) < 4.78 is 5.57. The topological polar surface area (TPSA) is 75.6 Å². The van der Waals surface area contributed by atoms with E-state index in [0.717, 1.165) is 25.9 Å². The van der Waals surface area contributed by atoms with Crippen LogP contribution in [0.4, 0.5) is 0 Å². The molecule has 0 aliphatic carbocycles. The fourth-order valence-electron chi connectivity index (χ4n) is 2.49. The van der Waals surface area contributed by atoms with Crippen LogP contribution in [0.25, 0.3) is 0 Å². The smallest absolute Gasteiger partial charge is 0.330 e. The van der Waals surface area contributed by atoms with Crippen molar-refractivity contribution in [3.05, 3.63) is 35.9 Å². The van der Waals surface area contributed by atoms with Crippen molar-refractivity contribution >= 4 is 11.9 Å². The van der Waals surface area contributed by atoms with Crippen molar-refractivity contribution in [2.75, 3.05) is 6.61 Å². The van der Waals surface area contributed by atoms with Crippen LogP contribution >= 0.6 is 0 Å². The van der Waals surface area contributed by atoms with E-state index >= 15 is 0 Å². The number of amides is 1. The van der Waals surface area contributed by atoms with E-state index in [0.29, 0.717) is 18.4 Å². The number of hydrogen-bond acceptors (Lipinski definition) is 3. The van der Waals surface area contributed by atoms with Crippen molar-refractivity contribution < 1.29 is 19.4 Å². The Hall–Kier alpha value is -1.88. The van der Waals surface area contributed by atoms with Crippen LogP contribution in [0.15, 0.2) is 30.3 Å². The number of aliphatic carboxylic acids is 1. The van der Waals surface area contributed by atoms with Gasteiger partial charge in [-0.1, -0.05) is 30.3 Å². The number of carbonyl (C=O) groups is 2. The highest BCUT2D eigenvalue weighted by Gasteiger charge is 2.22. The molecule has 5 nitrogen and oxygen atoms in total. The quantitative estimate of drug-likeness (QED) is 0.843. The second-order valence-corrected chi connectivity index (χ2v) is 5.28. The van der Waals surface area contributed by atoms with Crippen LogP contribution in [0.5, 0.6) is 0 Å². The summed E-state index contributed by atoms with van der Waals surface area (Å²) in [5.74, 6) is -1.30. The minimum atomic E-state index is -1.05. The van der Waals surface area contributed by atoms with Crippen LogP contribution < -0.4 is 5.32 Å². The van der Waals surface area contributed by atoms with E-state index < -0.39 is 12.0 Å². The average Bonchev–Trinajstić information content (AvgIpc) is 2.52. The summed E-state index contributed by atoms with van der Waals surface area (Å²) in [6.07, 6.45) is 4.26. The number of hydrogen-bond donors (Lipinski definition) is 2. The molecule has 1 aromatic carbocycles. The third kappa shape index (κ3) is 4.86. The van der Waals surface area contributed by atoms with Crippen LogP contribution in [0.2, 0.25) is 0 Å². The maximum absolute atomic E-state index is 11.9. The number of ether oxygens (including phenoxy) is 1. The zero-order valence-corrected chi connectivity index (χ0v) is 12.0. The Kier molecular flexibility index (Phi) is 5.75. The zero-order chi connectivity index (χ0) is 15.1. The van der Waals surface area contributed by atoms with Gasteiger partial charge in [0.25, 0.3) is 0 Å². The second-order valence-electron chi connectivity index (χ2n) is 5.28. The lowest BCUT2D eigenvalue weighted by Crippen LogP contribution is -2.34. The Bertz CT molecular complexity index is 468. The normalized spacial score (nSPS) is 19.7. The number of rotatable bonds is 6. The molecule has 1 aliphatic heterocycles. The zero-order valence-electron chi connectivity index (χ0n) is 12.0. The largest absolute Gasteiger partial charge is 0.479 e. The third-order valence-electron chi connectivity index (χ3n) is 3.65. The van der Waals surface area contributed by atoms with Gasteiger partial charge in [-0.15, -0.1) is 0 Å². The molecule has 0 aromatic heterocycles. The highest BCUT2D eigenvalue weighted by atomic mass is 16.5. The first kappa shape index (κ1) is 15.5. The first-order valence-corrected chi connectivity index (χ1v) is 7.35. The van der Waals surface area contributed by atoms with Crippen molar-refractivity contribution in [2.24, 2.45) is 0 Å². The molecule has 1 aromatic rings. The molecule has 2 rings (SSSR count). The van der Waals surface area contributed by atoms with Crippen molar-refractivity contribution in [2.45, 2.75) is 44.2 Å². The van der Waals surface area contributed by atoms with E-state index in [9.17, 15) is 14.7 Å². The minimum Gasteiger partial charge on any atom is -0.479 e. The van der Waals surface area contributed by atoms with Gasteiger partial charge < -0.3 is 15.2 Å². The standard InChI is InChI=1S/C16H21NO4/c18-14(10-9-13-8-4-5-11-21-13)17-15(16(19)20)12-6-2-1-3-7-12/h1-3,6-7,13,15H,4-5,8-11H2,(H,17,18)(H,19,20). The van der Waals surface area contributed by atoms with Gasteiger partial charge in [0.05, 0.1) is 6.10 Å². The van der Waals surface area contributed by atoms with Crippen LogP contribution in [0.3, 0.4) is 0 Å². The second kappa shape index (κ2) is 7.78. The van der Waals surface area contributed by atoms with Gasteiger partial charge in [0.2, 0.25) is 5.91 Å². The fourth-order valence-corrected chi connectivity index (χ4v) is 2.49. The Morgan fingerprint density at radius 1 is 1.29 bits per heavy atom. The molecule has 21 heavy (non-hydrogen) atoms. The first-order valence-electron chi connectivity index (χ1n) is 7.35. The van der Waals surface area contributed by atoms with Gasteiger partial charge in [0.1, 0.15) is 0 Å². The van der Waals surface area contributed by atoms with Gasteiger partial charge in [-0.25, -0.2) is 4.79 Å². The van der Waals surface area contributed by atoms with Crippen LogP contribution in [-0.4, -0.2) is 29.7 Å². The summed E-state index contributed by atoms with van der Waals surface area (Å²) in [6.45, 7) is 0.758. The van der Waals surface area contributed by atoms with E-state index in [1.54, 1.807) is 24.3 Å². The molecular weight excluding hydrogens is 270 g/mol. The lowest BCUT2D eigenvalue weighted by atomic mass is 10.0. The van der Waals surface area contributed by atoms with Gasteiger partial charge in [-0.05, 0) is 31.2 Å². The average molecular weight is 291 g/mol. The molecule has 1 amide bonds. The van der Waals surface area contributed by atoms with Gasteiger partial charge >= 0.3 is 5.97 Å². The van der Waals surface area contributed by atoms with E-state index in [2.05, 4.69) is 5.32 Å². The van der Waals surface area contributed by atoms with Crippen molar-refractivity contribution in [3.8, 4) is 0 Å². The Balaban J connectivity index is 1.85. The third-order valence-corrected chi connectivity index (χ3v) is 3.65. The molecule has 2 N–H and O–H groups in total. The van der Waals surface area contributed by atoms with Crippen molar-refractivity contribution in [1.29, 1.82) is 0 Å². The predicted molar refractivity (Wildman–Crippen MR) is 77.8 cm³/mol. The van der Waals surface area contributed by atoms with Gasteiger partial charge in [-0.3, -0.25) is 4.79 Å². The van der Waals surface area contributed by atoms with Crippen molar-refractivity contribution in [1.82, 2.24) is 5.32 Å². The molecule has 114 valence electrons. The summed E-state index contributed by atoms with van der Waals surface area (Å²) in [6, 6.07) is 7.73. The molecule has 2 atom stereocenters. The SMILES string of the molecule is O=C(CCC1CCCCO1)NC(C(=O)O)c1ccccc1. The molecule has 1 heterocycles. The Morgan fingerprint density at radius 2 is 2.05 bits per heavy atom. The molecular formula is C16H21NO4. The maximum atomic E-state index is 11.9. The van der Waals surface area contributed by atoms with E-state index in [1.807, 2.05) is 6.07 Å². The molecule has 5 heteroatoms. The Morgan fingerprint density at radius 3 is 2.67 bits per heavy atom. The van der Waals surface area contributed by atoms with Gasteiger partial charge in [0.15, 0.2) is 6.04 Å². The molecule has 2 unspecified atom stereocenters. The van der Waals surface area contributed by atoms with E-state index in [4.69, 9.17) is 4.74 Å². The molecule has 1 fully saturated rings. The number of carboxylic acid groups (broad SMARTS) is 1. The van der Waals surface area contributed by atoms with Gasteiger partial charge in [0, 0.05) is 13.0 Å². The summed E-state index contributed by atoms with van der Waals surface area (Å²) in [4.78, 5) is 23.2. The minimum absolute atomic E-state index is 0.129. The summed E-state index contributed by atoms with van der Waals surface area (Å²) in [5, 5.41) is 11.8. The van der Waals surface area contributed by atoms with Crippen LogP contribution in [-0.2, 0) is 14.3 Å². The van der Waals surface area contributed by atoms with E-state index in [-0.39, 0.29) is 12.0 Å². The predicted octanol–water partition coefficient (Wildman–Crippen LogP) is 2.28. The van der Waals surface area contributed by atoms with Crippen LogP contribution in [0, 0.1) is 0 Å². The lowest BCUT2D eigenvalue weighted by molar-refractivity contribution is -0.142. The monoisotopic (exact) mass is 291 g/mol. The fraction of sp³-hybridized carbons (Fsp3) is 0.500. The lowest BCUT2D eigenvalue weighted by Gasteiger charge is -2.22. The van der Waals surface area contributed by atoms with Gasteiger partial charge in [-0.2, -0.15) is 0 Å². The van der Waals surface area contributed by atoms with Crippen LogP contribution in [0.1, 0.15) is 43.7 Å². The highest BCUT2D eigenvalue weighted by molar-refractivity contribution is 5.84. The summed E-state index contributed by atoms with van der Waals surface area (Å²) >= 11 is 0. The maximum Gasteiger partial charge on any atom is 0.330 e. The number of carboxylic acids is 1. The Labute approximate surface area is 124 Å². The molecule has 1 aliphatic rings.